The number of hydrogen-bond acceptors (Lipinski definition) is 2. The Morgan fingerprint density at radius 2 is 1.95 bits per heavy atom. The first-order valence-corrected chi connectivity index (χ1v) is 8.22. The number of rotatable bonds is 3. The predicted octanol–water partition coefficient (Wildman–Crippen LogP) is 4.31. The number of nitrogens with one attached hydrogen (secondary N) is 1. The van der Waals surface area contributed by atoms with Crippen molar-refractivity contribution in [1.29, 1.82) is 0 Å². The molecule has 2 heteroatoms. The van der Waals surface area contributed by atoms with Gasteiger partial charge in [0.25, 0.3) is 0 Å². The van der Waals surface area contributed by atoms with Gasteiger partial charge in [-0.2, -0.15) is 0 Å². The predicted molar refractivity (Wildman–Crippen MR) is 83.0 cm³/mol. The Labute approximate surface area is 122 Å². The van der Waals surface area contributed by atoms with E-state index in [1.807, 2.05) is 0 Å². The highest BCUT2D eigenvalue weighted by molar-refractivity contribution is 5.39. The molecule has 2 aliphatic rings. The highest BCUT2D eigenvalue weighted by Crippen LogP contribution is 2.34. The van der Waals surface area contributed by atoms with Crippen molar-refractivity contribution < 1.29 is 4.74 Å². The number of ether oxygens (including phenoxy) is 1. The number of para-hydroxylation sites is 1. The van der Waals surface area contributed by atoms with Crippen LogP contribution < -0.4 is 10.1 Å². The van der Waals surface area contributed by atoms with Crippen LogP contribution in [0.15, 0.2) is 24.3 Å². The fourth-order valence-electron chi connectivity index (χ4n) is 3.75. The number of fused-ring (bicyclic) bond motifs is 1. The number of benzene rings is 1. The third-order valence-corrected chi connectivity index (χ3v) is 5.09. The van der Waals surface area contributed by atoms with Crippen LogP contribution in [-0.2, 0) is 0 Å². The minimum Gasteiger partial charge on any atom is -0.491 e. The van der Waals surface area contributed by atoms with E-state index in [9.17, 15) is 0 Å². The topological polar surface area (TPSA) is 21.3 Å². The molecule has 0 saturated heterocycles. The van der Waals surface area contributed by atoms with Crippen LogP contribution in [0.25, 0.3) is 0 Å². The summed E-state index contributed by atoms with van der Waals surface area (Å²) in [4.78, 5) is 0. The quantitative estimate of drug-likeness (QED) is 0.828. The molecule has 1 N–H and O–H groups in total. The van der Waals surface area contributed by atoms with E-state index in [-0.39, 0.29) is 0 Å². The molecule has 1 aliphatic heterocycles. The van der Waals surface area contributed by atoms with Gasteiger partial charge in [0, 0.05) is 11.6 Å². The molecule has 1 fully saturated rings. The van der Waals surface area contributed by atoms with Crippen LogP contribution in [0.3, 0.4) is 0 Å². The lowest BCUT2D eigenvalue weighted by Crippen LogP contribution is -2.33. The summed E-state index contributed by atoms with van der Waals surface area (Å²) in [5.41, 5.74) is 1.34. The van der Waals surface area contributed by atoms with Crippen LogP contribution in [0.4, 0.5) is 0 Å². The zero-order chi connectivity index (χ0) is 13.9. The van der Waals surface area contributed by atoms with Crippen molar-refractivity contribution >= 4 is 0 Å². The fraction of sp³-hybridized carbons (Fsp3) is 0.667. The zero-order valence-electron chi connectivity index (χ0n) is 12.8. The first-order chi connectivity index (χ1) is 9.74. The normalized spacial score (nSPS) is 29.9. The molecule has 0 spiro atoms. The van der Waals surface area contributed by atoms with Crippen LogP contribution in [0.1, 0.15) is 57.6 Å². The first-order valence-electron chi connectivity index (χ1n) is 8.22. The molecule has 1 saturated carbocycles. The van der Waals surface area contributed by atoms with E-state index >= 15 is 0 Å². The van der Waals surface area contributed by atoms with Gasteiger partial charge in [0.15, 0.2) is 0 Å². The van der Waals surface area contributed by atoms with E-state index in [0.717, 1.165) is 24.2 Å². The Bertz CT molecular complexity index is 443. The van der Waals surface area contributed by atoms with Gasteiger partial charge in [-0.25, -0.2) is 0 Å². The summed E-state index contributed by atoms with van der Waals surface area (Å²) in [5, 5.41) is 3.85. The standard InChI is InChI=1S/C18H27NO/c1-13(2)14-6-5-7-15(11-10-14)19-17-12-20-18-9-4-3-8-16(17)18/h3-4,8-9,13-15,17,19H,5-7,10-12H2,1-2H3. The summed E-state index contributed by atoms with van der Waals surface area (Å²) in [6.45, 7) is 5.54. The molecule has 2 nitrogen and oxygen atoms in total. The SMILES string of the molecule is CC(C)C1CCCC(NC2COc3ccccc32)CC1. The van der Waals surface area contributed by atoms with Crippen LogP contribution in [0, 0.1) is 11.8 Å². The molecule has 1 heterocycles. The molecule has 3 unspecified atom stereocenters. The van der Waals surface area contributed by atoms with Crippen molar-refractivity contribution in [2.45, 2.75) is 58.0 Å². The van der Waals surface area contributed by atoms with Crippen molar-refractivity contribution in [3.63, 3.8) is 0 Å². The lowest BCUT2D eigenvalue weighted by Gasteiger charge is -2.22. The van der Waals surface area contributed by atoms with Crippen molar-refractivity contribution in [3.8, 4) is 5.75 Å². The fourth-order valence-corrected chi connectivity index (χ4v) is 3.75. The number of hydrogen-bond donors (Lipinski definition) is 1. The lowest BCUT2D eigenvalue weighted by atomic mass is 9.89. The summed E-state index contributed by atoms with van der Waals surface area (Å²) in [7, 11) is 0. The molecule has 0 amide bonds. The Hall–Kier alpha value is -1.02. The van der Waals surface area contributed by atoms with Gasteiger partial charge in [-0.1, -0.05) is 44.9 Å². The van der Waals surface area contributed by atoms with Gasteiger partial charge >= 0.3 is 0 Å². The van der Waals surface area contributed by atoms with E-state index in [0.29, 0.717) is 12.1 Å². The smallest absolute Gasteiger partial charge is 0.124 e. The van der Waals surface area contributed by atoms with Crippen LogP contribution in [0.5, 0.6) is 5.75 Å². The van der Waals surface area contributed by atoms with E-state index in [2.05, 4.69) is 43.4 Å². The minimum atomic E-state index is 0.395. The summed E-state index contributed by atoms with van der Waals surface area (Å²) in [6, 6.07) is 9.52. The highest BCUT2D eigenvalue weighted by Gasteiger charge is 2.27. The monoisotopic (exact) mass is 273 g/mol. The second-order valence-corrected chi connectivity index (χ2v) is 6.78. The molecule has 3 atom stereocenters. The molecule has 0 radical (unpaired) electrons. The van der Waals surface area contributed by atoms with E-state index in [1.165, 1.54) is 37.7 Å². The van der Waals surface area contributed by atoms with Gasteiger partial charge in [0.1, 0.15) is 12.4 Å². The van der Waals surface area contributed by atoms with Gasteiger partial charge in [-0.15, -0.1) is 0 Å². The molecule has 0 aromatic heterocycles. The average Bonchev–Trinajstić information content (AvgIpc) is 2.69. The van der Waals surface area contributed by atoms with Crippen molar-refractivity contribution in [2.24, 2.45) is 11.8 Å². The Balaban J connectivity index is 1.59. The highest BCUT2D eigenvalue weighted by atomic mass is 16.5. The van der Waals surface area contributed by atoms with E-state index in [4.69, 9.17) is 4.74 Å². The Morgan fingerprint density at radius 1 is 1.10 bits per heavy atom. The maximum Gasteiger partial charge on any atom is 0.124 e. The van der Waals surface area contributed by atoms with E-state index in [1.54, 1.807) is 0 Å². The van der Waals surface area contributed by atoms with Gasteiger partial charge in [0.05, 0.1) is 6.04 Å². The molecule has 110 valence electrons. The van der Waals surface area contributed by atoms with Crippen LogP contribution in [-0.4, -0.2) is 12.6 Å². The largest absolute Gasteiger partial charge is 0.491 e. The molecular formula is C18H27NO. The third kappa shape index (κ3) is 3.01. The summed E-state index contributed by atoms with van der Waals surface area (Å²) < 4.78 is 5.78. The van der Waals surface area contributed by atoms with Gasteiger partial charge in [0.2, 0.25) is 0 Å². The molecule has 0 bridgehead atoms. The molecular weight excluding hydrogens is 246 g/mol. The summed E-state index contributed by atoms with van der Waals surface area (Å²) >= 11 is 0. The van der Waals surface area contributed by atoms with Gasteiger partial charge in [-0.3, -0.25) is 0 Å². The zero-order valence-corrected chi connectivity index (χ0v) is 12.8. The molecule has 3 rings (SSSR count). The molecule has 1 aliphatic carbocycles. The Morgan fingerprint density at radius 3 is 2.80 bits per heavy atom. The van der Waals surface area contributed by atoms with Crippen molar-refractivity contribution in [2.75, 3.05) is 6.61 Å². The van der Waals surface area contributed by atoms with Crippen molar-refractivity contribution in [1.82, 2.24) is 5.32 Å². The molecule has 1 aromatic carbocycles. The summed E-state index contributed by atoms with van der Waals surface area (Å²) in [6.07, 6.45) is 6.80. The summed E-state index contributed by atoms with van der Waals surface area (Å²) in [5.74, 6) is 2.83. The first kappa shape index (κ1) is 13.9. The van der Waals surface area contributed by atoms with Gasteiger partial charge in [-0.05, 0) is 37.2 Å². The molecule has 1 aromatic rings. The van der Waals surface area contributed by atoms with E-state index < -0.39 is 0 Å². The maximum atomic E-state index is 5.78. The Kier molecular flexibility index (Phi) is 4.30. The minimum absolute atomic E-state index is 0.395. The average molecular weight is 273 g/mol. The lowest BCUT2D eigenvalue weighted by molar-refractivity contribution is 0.286. The third-order valence-electron chi connectivity index (χ3n) is 5.09. The van der Waals surface area contributed by atoms with Gasteiger partial charge < -0.3 is 10.1 Å². The van der Waals surface area contributed by atoms with Crippen LogP contribution >= 0.6 is 0 Å². The van der Waals surface area contributed by atoms with Crippen LogP contribution in [0.2, 0.25) is 0 Å². The molecule has 20 heavy (non-hydrogen) atoms. The second-order valence-electron chi connectivity index (χ2n) is 6.78. The maximum absolute atomic E-state index is 5.78. The second kappa shape index (κ2) is 6.17. The van der Waals surface area contributed by atoms with Crippen molar-refractivity contribution in [3.05, 3.63) is 29.8 Å².